The minimum Gasteiger partial charge on any atom is -0.475 e. The van der Waals surface area contributed by atoms with Gasteiger partial charge in [0.2, 0.25) is 0 Å². The molecule has 0 unspecified atom stereocenters. The zero-order valence-electron chi connectivity index (χ0n) is 20.3. The highest BCUT2D eigenvalue weighted by Crippen LogP contribution is 2.22. The van der Waals surface area contributed by atoms with Gasteiger partial charge in [-0.1, -0.05) is 0 Å². The van der Waals surface area contributed by atoms with Gasteiger partial charge in [-0.2, -0.15) is 52.7 Å². The summed E-state index contributed by atoms with van der Waals surface area (Å²) in [5.74, 6) is -11.0. The maximum atomic E-state index is 11.4. The summed E-state index contributed by atoms with van der Waals surface area (Å²) in [4.78, 5) is 48.6. The van der Waals surface area contributed by atoms with Gasteiger partial charge in [0.05, 0.1) is 0 Å². The van der Waals surface area contributed by atoms with Crippen LogP contribution in [0, 0.1) is 0 Å². The van der Waals surface area contributed by atoms with E-state index < -0.39 is 48.6 Å². The molecule has 1 aliphatic carbocycles. The molecule has 0 aromatic carbocycles. The van der Waals surface area contributed by atoms with Crippen LogP contribution < -0.4 is 5.73 Å². The number of halogens is 12. The number of nitrogens with two attached hydrogens (primary N) is 1. The molecular formula is C17H22F12N2O10. The maximum absolute atomic E-state index is 11.4. The molecule has 24 heteroatoms. The van der Waals surface area contributed by atoms with Crippen LogP contribution in [-0.4, -0.2) is 105 Å². The first-order chi connectivity index (χ1) is 17.9. The predicted molar refractivity (Wildman–Crippen MR) is 105 cm³/mol. The lowest BCUT2D eigenvalue weighted by molar-refractivity contribution is -0.193. The van der Waals surface area contributed by atoms with Crippen molar-refractivity contribution in [3.8, 4) is 0 Å². The number of carboxylic acids is 4. The highest BCUT2D eigenvalue weighted by molar-refractivity contribution is 5.74. The van der Waals surface area contributed by atoms with Crippen LogP contribution in [0.5, 0.6) is 0 Å². The summed E-state index contributed by atoms with van der Waals surface area (Å²) < 4.78 is 132. The molecular weight excluding hydrogens is 620 g/mol. The molecule has 1 amide bonds. The summed E-state index contributed by atoms with van der Waals surface area (Å²) in [6.45, 7) is 5.29. The molecule has 12 nitrogen and oxygen atoms in total. The summed E-state index contributed by atoms with van der Waals surface area (Å²) in [5, 5.41) is 28.5. The van der Waals surface area contributed by atoms with E-state index in [0.717, 1.165) is 12.8 Å². The standard InChI is InChI=1S/C9H18N2O2.4C2HF3O2/c1-3-11(4-2)9(12)13-8-5-7(10)6-8;4*3-2(4,5)1(6)7/h7-8H,3-6,10H2,1-2H3;4*(H,6,7)/t7-,8-;;;;. The Hall–Kier alpha value is -3.73. The summed E-state index contributed by atoms with van der Waals surface area (Å²) in [6.07, 6.45) is -18.9. The Morgan fingerprint density at radius 2 is 0.829 bits per heavy atom. The first kappa shape index (κ1) is 44.3. The second kappa shape index (κ2) is 18.6. The molecule has 1 aliphatic rings. The average molecular weight is 642 g/mol. The molecule has 1 fully saturated rings. The number of carbonyl (C=O) groups is 5. The molecule has 0 radical (unpaired) electrons. The van der Waals surface area contributed by atoms with Crippen LogP contribution >= 0.6 is 0 Å². The lowest BCUT2D eigenvalue weighted by atomic mass is 9.90. The number of amides is 1. The molecule has 0 aromatic rings. The van der Waals surface area contributed by atoms with Crippen LogP contribution in [0.3, 0.4) is 0 Å². The van der Waals surface area contributed by atoms with Gasteiger partial charge in [0.25, 0.3) is 0 Å². The maximum Gasteiger partial charge on any atom is 0.490 e. The molecule has 1 saturated carbocycles. The molecule has 0 bridgehead atoms. The number of carboxylic acid groups (broad SMARTS) is 4. The molecule has 244 valence electrons. The molecule has 0 atom stereocenters. The normalized spacial score (nSPS) is 16.1. The van der Waals surface area contributed by atoms with E-state index in [-0.39, 0.29) is 18.2 Å². The van der Waals surface area contributed by atoms with Crippen molar-refractivity contribution in [3.05, 3.63) is 0 Å². The van der Waals surface area contributed by atoms with E-state index in [1.165, 1.54) is 0 Å². The van der Waals surface area contributed by atoms with Crippen LogP contribution in [0.15, 0.2) is 0 Å². The third-order valence-electron chi connectivity index (χ3n) is 3.39. The summed E-state index contributed by atoms with van der Waals surface area (Å²) in [5.41, 5.74) is 5.58. The Bertz CT molecular complexity index is 736. The van der Waals surface area contributed by atoms with E-state index >= 15 is 0 Å². The van der Waals surface area contributed by atoms with E-state index in [1.54, 1.807) is 4.90 Å². The smallest absolute Gasteiger partial charge is 0.475 e. The summed E-state index contributed by atoms with van der Waals surface area (Å²) >= 11 is 0. The fraction of sp³-hybridized carbons (Fsp3) is 0.706. The number of aliphatic carboxylic acids is 4. The molecule has 6 N–H and O–H groups in total. The molecule has 0 spiro atoms. The summed E-state index contributed by atoms with van der Waals surface area (Å²) in [6, 6.07) is 0.231. The van der Waals surface area contributed by atoms with Crippen molar-refractivity contribution in [1.82, 2.24) is 4.90 Å². The Balaban J connectivity index is -0.000000216. The van der Waals surface area contributed by atoms with Gasteiger partial charge < -0.3 is 35.8 Å². The van der Waals surface area contributed by atoms with Crippen molar-refractivity contribution < 1.29 is 102 Å². The van der Waals surface area contributed by atoms with Gasteiger partial charge >= 0.3 is 54.7 Å². The second-order valence-corrected chi connectivity index (χ2v) is 6.62. The van der Waals surface area contributed by atoms with Crippen molar-refractivity contribution >= 4 is 30.0 Å². The molecule has 0 saturated heterocycles. The minimum atomic E-state index is -5.08. The highest BCUT2D eigenvalue weighted by Gasteiger charge is 2.40. The quantitative estimate of drug-likeness (QED) is 0.282. The summed E-state index contributed by atoms with van der Waals surface area (Å²) in [7, 11) is 0. The van der Waals surface area contributed by atoms with Crippen molar-refractivity contribution in [2.24, 2.45) is 5.73 Å². The Kier molecular flexibility index (Phi) is 20.1. The van der Waals surface area contributed by atoms with Gasteiger partial charge in [0.1, 0.15) is 6.10 Å². The van der Waals surface area contributed by atoms with E-state index in [0.29, 0.717) is 13.1 Å². The van der Waals surface area contributed by atoms with E-state index in [4.69, 9.17) is 50.1 Å². The van der Waals surface area contributed by atoms with E-state index in [1.807, 2.05) is 13.8 Å². The first-order valence-electron chi connectivity index (χ1n) is 9.86. The van der Waals surface area contributed by atoms with Crippen molar-refractivity contribution in [1.29, 1.82) is 0 Å². The zero-order chi connectivity index (χ0) is 34.2. The van der Waals surface area contributed by atoms with Crippen LogP contribution in [0.1, 0.15) is 26.7 Å². The number of hydrogen-bond donors (Lipinski definition) is 5. The largest absolute Gasteiger partial charge is 0.490 e. The fourth-order valence-electron chi connectivity index (χ4n) is 1.40. The fourth-order valence-corrected chi connectivity index (χ4v) is 1.40. The molecule has 0 heterocycles. The van der Waals surface area contributed by atoms with Gasteiger partial charge in [0, 0.05) is 19.1 Å². The number of alkyl halides is 12. The van der Waals surface area contributed by atoms with Gasteiger partial charge in [-0.05, 0) is 26.7 Å². The number of ether oxygens (including phenoxy) is 1. The van der Waals surface area contributed by atoms with Crippen LogP contribution in [0.25, 0.3) is 0 Å². The number of rotatable bonds is 3. The van der Waals surface area contributed by atoms with E-state index in [9.17, 15) is 57.5 Å². The third kappa shape index (κ3) is 26.3. The first-order valence-corrected chi connectivity index (χ1v) is 9.86. The average Bonchev–Trinajstić information content (AvgIpc) is 2.72. The van der Waals surface area contributed by atoms with Crippen LogP contribution in [0.2, 0.25) is 0 Å². The van der Waals surface area contributed by atoms with Crippen molar-refractivity contribution in [3.63, 3.8) is 0 Å². The van der Waals surface area contributed by atoms with Gasteiger partial charge in [-0.15, -0.1) is 0 Å². The Morgan fingerprint density at radius 3 is 0.951 bits per heavy atom. The zero-order valence-corrected chi connectivity index (χ0v) is 20.3. The number of nitrogens with zero attached hydrogens (tertiary/aromatic N) is 1. The van der Waals surface area contributed by atoms with E-state index in [2.05, 4.69) is 0 Å². The molecule has 0 aromatic heterocycles. The molecule has 1 rings (SSSR count). The monoisotopic (exact) mass is 642 g/mol. The van der Waals surface area contributed by atoms with Gasteiger partial charge in [-0.25, -0.2) is 24.0 Å². The number of carbonyl (C=O) groups excluding carboxylic acids is 1. The lowest BCUT2D eigenvalue weighted by Crippen LogP contribution is -2.45. The Labute approximate surface area is 220 Å². The predicted octanol–water partition coefficient (Wildman–Crippen LogP) is 3.49. The molecule has 0 aliphatic heterocycles. The van der Waals surface area contributed by atoms with Crippen molar-refractivity contribution in [2.45, 2.75) is 63.5 Å². The third-order valence-corrected chi connectivity index (χ3v) is 3.39. The number of hydrogen-bond acceptors (Lipinski definition) is 7. The second-order valence-electron chi connectivity index (χ2n) is 6.62. The van der Waals surface area contributed by atoms with Crippen LogP contribution in [-0.2, 0) is 23.9 Å². The SMILES string of the molecule is CCN(CC)C(=O)O[C@H]1C[C@H](N)C1.O=C(O)C(F)(F)F.O=C(O)C(F)(F)F.O=C(O)C(F)(F)F.O=C(O)C(F)(F)F. The Morgan fingerprint density at radius 1 is 0.634 bits per heavy atom. The molecule has 41 heavy (non-hydrogen) atoms. The van der Waals surface area contributed by atoms with Gasteiger partial charge in [-0.3, -0.25) is 0 Å². The van der Waals surface area contributed by atoms with Gasteiger partial charge in [0.15, 0.2) is 0 Å². The lowest BCUT2D eigenvalue weighted by Gasteiger charge is -2.33. The highest BCUT2D eigenvalue weighted by atomic mass is 19.4. The van der Waals surface area contributed by atoms with Crippen LogP contribution in [0.4, 0.5) is 57.5 Å². The topological polar surface area (TPSA) is 205 Å². The van der Waals surface area contributed by atoms with Crippen molar-refractivity contribution in [2.75, 3.05) is 13.1 Å². The minimum absolute atomic E-state index is 0.0584.